The third-order valence-corrected chi connectivity index (χ3v) is 3.91. The summed E-state index contributed by atoms with van der Waals surface area (Å²) in [6, 6.07) is 9.56. The molecule has 1 aromatic rings. The van der Waals surface area contributed by atoms with Crippen LogP contribution in [0.4, 0.5) is 8.78 Å². The van der Waals surface area contributed by atoms with Crippen LogP contribution in [0, 0.1) is 0 Å². The molecule has 76 valence electrons. The fourth-order valence-corrected chi connectivity index (χ4v) is 2.83. The summed E-state index contributed by atoms with van der Waals surface area (Å²) in [5.74, 6) is -2.47. The van der Waals surface area contributed by atoms with E-state index < -0.39 is 5.92 Å². The molecule has 0 bridgehead atoms. The highest BCUT2D eigenvalue weighted by atomic mass is 79.9. The highest BCUT2D eigenvalue weighted by molar-refractivity contribution is 9.09. The second-order valence-corrected chi connectivity index (χ2v) is 4.55. The van der Waals surface area contributed by atoms with Crippen molar-refractivity contribution in [2.75, 3.05) is 5.33 Å². The lowest BCUT2D eigenvalue weighted by molar-refractivity contribution is -0.118. The van der Waals surface area contributed by atoms with Crippen molar-refractivity contribution in [3.05, 3.63) is 35.9 Å². The van der Waals surface area contributed by atoms with E-state index in [0.29, 0.717) is 5.33 Å². The summed E-state index contributed by atoms with van der Waals surface area (Å²) < 4.78 is 25.8. The Hall–Kier alpha value is -0.440. The van der Waals surface area contributed by atoms with Gasteiger partial charge in [0.15, 0.2) is 0 Å². The summed E-state index contributed by atoms with van der Waals surface area (Å²) in [4.78, 5) is 0. The monoisotopic (exact) mass is 260 g/mol. The zero-order valence-corrected chi connectivity index (χ0v) is 9.23. The van der Waals surface area contributed by atoms with Crippen molar-refractivity contribution in [3.8, 4) is 0 Å². The summed E-state index contributed by atoms with van der Waals surface area (Å²) in [7, 11) is 0. The van der Waals surface area contributed by atoms with Crippen molar-refractivity contribution >= 4 is 15.9 Å². The maximum absolute atomic E-state index is 12.9. The molecule has 1 saturated carbocycles. The average Bonchev–Trinajstić information content (AvgIpc) is 2.15. The number of hydrogen-bond donors (Lipinski definition) is 0. The van der Waals surface area contributed by atoms with E-state index in [2.05, 4.69) is 15.9 Å². The Kier molecular flexibility index (Phi) is 2.38. The van der Waals surface area contributed by atoms with Gasteiger partial charge in [-0.3, -0.25) is 0 Å². The van der Waals surface area contributed by atoms with E-state index in [-0.39, 0.29) is 18.3 Å². The van der Waals surface area contributed by atoms with Gasteiger partial charge in [0.25, 0.3) is 0 Å². The van der Waals surface area contributed by atoms with Gasteiger partial charge in [-0.15, -0.1) is 0 Å². The Balaban J connectivity index is 2.25. The molecule has 1 fully saturated rings. The Labute approximate surface area is 90.4 Å². The minimum atomic E-state index is -2.47. The van der Waals surface area contributed by atoms with Crippen LogP contribution in [0.25, 0.3) is 0 Å². The first kappa shape index (κ1) is 10.1. The second kappa shape index (κ2) is 3.30. The average molecular weight is 261 g/mol. The van der Waals surface area contributed by atoms with Crippen LogP contribution in [0.15, 0.2) is 30.3 Å². The molecule has 0 unspecified atom stereocenters. The van der Waals surface area contributed by atoms with Crippen LogP contribution in [-0.2, 0) is 5.41 Å². The lowest BCUT2D eigenvalue weighted by atomic mass is 9.63. The summed E-state index contributed by atoms with van der Waals surface area (Å²) in [5, 5.41) is 0.611. The molecule has 14 heavy (non-hydrogen) atoms. The highest BCUT2D eigenvalue weighted by Crippen LogP contribution is 2.54. The minimum Gasteiger partial charge on any atom is -0.207 e. The molecule has 0 N–H and O–H groups in total. The Morgan fingerprint density at radius 3 is 2.14 bits per heavy atom. The fourth-order valence-electron chi connectivity index (χ4n) is 2.11. The normalized spacial score (nSPS) is 22.8. The summed E-state index contributed by atoms with van der Waals surface area (Å²) >= 11 is 3.34. The van der Waals surface area contributed by atoms with Crippen molar-refractivity contribution in [1.29, 1.82) is 0 Å². The maximum atomic E-state index is 12.9. The molecule has 0 aliphatic heterocycles. The summed E-state index contributed by atoms with van der Waals surface area (Å²) in [6.45, 7) is 0. The fraction of sp³-hybridized carbons (Fsp3) is 0.455. The standard InChI is InChI=1S/C11H11BrF2/c12-8-10(6-11(13,14)7-10)9-4-2-1-3-5-9/h1-5H,6-8H2. The molecule has 1 aliphatic carbocycles. The molecule has 0 heterocycles. The zero-order valence-electron chi connectivity index (χ0n) is 7.64. The Bertz CT molecular complexity index is 313. The Morgan fingerprint density at radius 1 is 1.14 bits per heavy atom. The first-order valence-electron chi connectivity index (χ1n) is 4.57. The lowest BCUT2D eigenvalue weighted by Gasteiger charge is -2.46. The third kappa shape index (κ3) is 1.58. The third-order valence-electron chi connectivity index (χ3n) is 2.84. The molecule has 3 heteroatoms. The molecular weight excluding hydrogens is 250 g/mol. The van der Waals surface area contributed by atoms with Gasteiger partial charge in [-0.1, -0.05) is 46.3 Å². The molecule has 0 spiro atoms. The number of alkyl halides is 3. The molecule has 0 saturated heterocycles. The van der Waals surface area contributed by atoms with E-state index in [4.69, 9.17) is 0 Å². The number of benzene rings is 1. The Morgan fingerprint density at radius 2 is 1.71 bits per heavy atom. The molecule has 0 amide bonds. The van der Waals surface area contributed by atoms with Gasteiger partial charge in [-0.2, -0.15) is 0 Å². The van der Waals surface area contributed by atoms with Crippen molar-refractivity contribution in [3.63, 3.8) is 0 Å². The van der Waals surface area contributed by atoms with E-state index in [1.54, 1.807) is 0 Å². The number of rotatable bonds is 2. The predicted molar refractivity (Wildman–Crippen MR) is 56.1 cm³/mol. The minimum absolute atomic E-state index is 0.0325. The van der Waals surface area contributed by atoms with E-state index >= 15 is 0 Å². The first-order chi connectivity index (χ1) is 6.58. The molecule has 1 aromatic carbocycles. The largest absolute Gasteiger partial charge is 0.249 e. The van der Waals surface area contributed by atoms with Crippen molar-refractivity contribution < 1.29 is 8.78 Å². The molecule has 0 atom stereocenters. The highest BCUT2D eigenvalue weighted by Gasteiger charge is 2.56. The van der Waals surface area contributed by atoms with Crippen LogP contribution in [-0.4, -0.2) is 11.3 Å². The van der Waals surface area contributed by atoms with Gasteiger partial charge >= 0.3 is 0 Å². The van der Waals surface area contributed by atoms with Crippen LogP contribution >= 0.6 is 15.9 Å². The zero-order chi connectivity index (χ0) is 10.2. The van der Waals surface area contributed by atoms with Gasteiger partial charge in [0.2, 0.25) is 5.92 Å². The second-order valence-electron chi connectivity index (χ2n) is 3.99. The lowest BCUT2D eigenvalue weighted by Crippen LogP contribution is -2.50. The van der Waals surface area contributed by atoms with Crippen molar-refractivity contribution in [2.45, 2.75) is 24.2 Å². The van der Waals surface area contributed by atoms with E-state index in [1.807, 2.05) is 30.3 Å². The topological polar surface area (TPSA) is 0 Å². The molecule has 2 rings (SSSR count). The van der Waals surface area contributed by atoms with Crippen LogP contribution < -0.4 is 0 Å². The molecule has 0 nitrogen and oxygen atoms in total. The molecule has 0 aromatic heterocycles. The summed E-state index contributed by atoms with van der Waals surface area (Å²) in [5.41, 5.74) is 0.674. The number of hydrogen-bond acceptors (Lipinski definition) is 0. The van der Waals surface area contributed by atoms with E-state index in [9.17, 15) is 8.78 Å². The summed E-state index contributed by atoms with van der Waals surface area (Å²) in [6.07, 6.45) is -0.0650. The maximum Gasteiger partial charge on any atom is 0.249 e. The van der Waals surface area contributed by atoms with Crippen LogP contribution in [0.3, 0.4) is 0 Å². The van der Waals surface area contributed by atoms with Crippen molar-refractivity contribution in [2.24, 2.45) is 0 Å². The van der Waals surface area contributed by atoms with Gasteiger partial charge in [0.1, 0.15) is 0 Å². The first-order valence-corrected chi connectivity index (χ1v) is 5.70. The van der Waals surface area contributed by atoms with Gasteiger partial charge in [-0.05, 0) is 5.56 Å². The van der Waals surface area contributed by atoms with Crippen molar-refractivity contribution in [1.82, 2.24) is 0 Å². The van der Waals surface area contributed by atoms with Gasteiger partial charge in [0.05, 0.1) is 0 Å². The molecule has 0 radical (unpaired) electrons. The number of halogens is 3. The van der Waals surface area contributed by atoms with E-state index in [1.165, 1.54) is 0 Å². The van der Waals surface area contributed by atoms with Crippen LogP contribution in [0.1, 0.15) is 18.4 Å². The van der Waals surface area contributed by atoms with Gasteiger partial charge in [-0.25, -0.2) is 8.78 Å². The van der Waals surface area contributed by atoms with E-state index in [0.717, 1.165) is 5.56 Å². The SMILES string of the molecule is FC1(F)CC(CBr)(c2ccccc2)C1. The molecular formula is C11H11BrF2. The predicted octanol–water partition coefficient (Wildman–Crippen LogP) is 3.75. The van der Waals surface area contributed by atoms with Crippen LogP contribution in [0.2, 0.25) is 0 Å². The smallest absolute Gasteiger partial charge is 0.207 e. The quantitative estimate of drug-likeness (QED) is 0.711. The van der Waals surface area contributed by atoms with Crippen LogP contribution in [0.5, 0.6) is 0 Å². The molecule has 1 aliphatic rings. The van der Waals surface area contributed by atoms with Gasteiger partial charge in [0, 0.05) is 23.6 Å². The van der Waals surface area contributed by atoms with Gasteiger partial charge < -0.3 is 0 Å².